The van der Waals surface area contributed by atoms with Crippen LogP contribution in [0.15, 0.2) is 24.3 Å². The molecule has 0 saturated carbocycles. The van der Waals surface area contributed by atoms with E-state index in [0.29, 0.717) is 11.7 Å². The Kier molecular flexibility index (Phi) is 4.98. The summed E-state index contributed by atoms with van der Waals surface area (Å²) in [6.45, 7) is 8.45. The minimum atomic E-state index is -0.280. The zero-order valence-corrected chi connectivity index (χ0v) is 13.0. The summed E-state index contributed by atoms with van der Waals surface area (Å²) < 4.78 is 0. The number of rotatable bonds is 5. The molecule has 0 radical (unpaired) electrons. The summed E-state index contributed by atoms with van der Waals surface area (Å²) in [4.78, 5) is 12.9. The first-order valence-electron chi connectivity index (χ1n) is 7.90. The molecule has 0 bridgehead atoms. The first-order valence-corrected chi connectivity index (χ1v) is 7.90. The molecule has 2 rings (SSSR count). The van der Waals surface area contributed by atoms with Gasteiger partial charge in [0, 0.05) is 11.0 Å². The molecule has 0 aliphatic carbocycles. The van der Waals surface area contributed by atoms with Gasteiger partial charge in [-0.05, 0) is 49.9 Å². The SMILES string of the molecule is CCCc1cccc(C(=O)C(C)(C)C2CCCNC2)c1. The molecule has 1 saturated heterocycles. The van der Waals surface area contributed by atoms with Gasteiger partial charge >= 0.3 is 0 Å². The van der Waals surface area contributed by atoms with Gasteiger partial charge < -0.3 is 5.32 Å². The van der Waals surface area contributed by atoms with Crippen LogP contribution in [0.1, 0.15) is 56.0 Å². The normalized spacial score (nSPS) is 19.9. The summed E-state index contributed by atoms with van der Waals surface area (Å²) >= 11 is 0. The molecule has 1 aromatic rings. The summed E-state index contributed by atoms with van der Waals surface area (Å²) in [7, 11) is 0. The van der Waals surface area contributed by atoms with E-state index in [9.17, 15) is 4.79 Å². The maximum atomic E-state index is 12.9. The molecule has 1 N–H and O–H groups in total. The predicted molar refractivity (Wildman–Crippen MR) is 84.1 cm³/mol. The number of nitrogens with one attached hydrogen (secondary N) is 1. The van der Waals surface area contributed by atoms with Gasteiger partial charge in [-0.25, -0.2) is 0 Å². The summed E-state index contributed by atoms with van der Waals surface area (Å²) in [5.74, 6) is 0.739. The van der Waals surface area contributed by atoms with Crippen molar-refractivity contribution in [3.8, 4) is 0 Å². The minimum absolute atomic E-state index is 0.280. The number of benzene rings is 1. The second-order valence-electron chi connectivity index (χ2n) is 6.54. The van der Waals surface area contributed by atoms with E-state index in [1.807, 2.05) is 12.1 Å². The van der Waals surface area contributed by atoms with Crippen LogP contribution in [0.4, 0.5) is 0 Å². The van der Waals surface area contributed by atoms with Crippen LogP contribution in [0.5, 0.6) is 0 Å². The van der Waals surface area contributed by atoms with Crippen molar-refractivity contribution in [3.63, 3.8) is 0 Å². The third kappa shape index (κ3) is 3.29. The molecule has 20 heavy (non-hydrogen) atoms. The molecule has 1 aliphatic heterocycles. The molecule has 1 aromatic carbocycles. The van der Waals surface area contributed by atoms with Crippen molar-refractivity contribution in [1.82, 2.24) is 5.32 Å². The molecule has 2 heteroatoms. The number of hydrogen-bond acceptors (Lipinski definition) is 2. The number of carbonyl (C=O) groups is 1. The molecule has 2 nitrogen and oxygen atoms in total. The molecule has 110 valence electrons. The lowest BCUT2D eigenvalue weighted by molar-refractivity contribution is 0.0708. The van der Waals surface area contributed by atoms with Gasteiger partial charge in [0.1, 0.15) is 0 Å². The Hall–Kier alpha value is -1.15. The molecular formula is C18H27NO. The monoisotopic (exact) mass is 273 g/mol. The molecule has 1 heterocycles. The van der Waals surface area contributed by atoms with Gasteiger partial charge in [-0.3, -0.25) is 4.79 Å². The first kappa shape index (κ1) is 15.2. The van der Waals surface area contributed by atoms with E-state index < -0.39 is 0 Å². The predicted octanol–water partition coefficient (Wildman–Crippen LogP) is 3.85. The van der Waals surface area contributed by atoms with Gasteiger partial charge in [-0.1, -0.05) is 45.4 Å². The standard InChI is InChI=1S/C18H27NO/c1-4-7-14-8-5-9-15(12-14)17(20)18(2,3)16-10-6-11-19-13-16/h5,8-9,12,16,19H,4,6-7,10-11,13H2,1-3H3. The number of ketones is 1. The van der Waals surface area contributed by atoms with E-state index in [4.69, 9.17) is 0 Å². The summed E-state index contributed by atoms with van der Waals surface area (Å²) in [6.07, 6.45) is 4.50. The molecule has 1 atom stereocenters. The van der Waals surface area contributed by atoms with Crippen LogP contribution in [-0.4, -0.2) is 18.9 Å². The van der Waals surface area contributed by atoms with Gasteiger partial charge in [-0.2, -0.15) is 0 Å². The number of hydrogen-bond donors (Lipinski definition) is 1. The molecule has 0 aromatic heterocycles. The summed E-state index contributed by atoms with van der Waals surface area (Å²) in [5.41, 5.74) is 1.88. The van der Waals surface area contributed by atoms with Crippen LogP contribution in [0.2, 0.25) is 0 Å². The Bertz CT molecular complexity index is 458. The number of piperidine rings is 1. The van der Waals surface area contributed by atoms with Crippen molar-refractivity contribution >= 4 is 5.78 Å². The Morgan fingerprint density at radius 2 is 2.20 bits per heavy atom. The second-order valence-corrected chi connectivity index (χ2v) is 6.54. The lowest BCUT2D eigenvalue weighted by Gasteiger charge is -2.36. The van der Waals surface area contributed by atoms with E-state index in [1.54, 1.807) is 0 Å². The van der Waals surface area contributed by atoms with Gasteiger partial charge in [0.2, 0.25) is 0 Å². The molecule has 0 spiro atoms. The van der Waals surface area contributed by atoms with E-state index >= 15 is 0 Å². The van der Waals surface area contributed by atoms with Gasteiger partial charge in [0.25, 0.3) is 0 Å². The van der Waals surface area contributed by atoms with Gasteiger partial charge in [0.15, 0.2) is 5.78 Å². The molecule has 1 unspecified atom stereocenters. The van der Waals surface area contributed by atoms with E-state index in [2.05, 4.69) is 38.2 Å². The second kappa shape index (κ2) is 6.53. The number of Topliss-reactive ketones (excluding diaryl/α,β-unsaturated/α-hetero) is 1. The Labute approximate surface area is 123 Å². The zero-order valence-electron chi connectivity index (χ0n) is 13.0. The Morgan fingerprint density at radius 1 is 1.40 bits per heavy atom. The first-order chi connectivity index (χ1) is 9.55. The number of aryl methyl sites for hydroxylation is 1. The van der Waals surface area contributed by atoms with Crippen molar-refractivity contribution in [2.75, 3.05) is 13.1 Å². The fourth-order valence-electron chi connectivity index (χ4n) is 3.18. The summed E-state index contributed by atoms with van der Waals surface area (Å²) in [6, 6.07) is 8.20. The molecule has 1 aliphatic rings. The van der Waals surface area contributed by atoms with Crippen molar-refractivity contribution in [3.05, 3.63) is 35.4 Å². The Morgan fingerprint density at radius 3 is 2.85 bits per heavy atom. The quantitative estimate of drug-likeness (QED) is 0.826. The fraction of sp³-hybridized carbons (Fsp3) is 0.611. The van der Waals surface area contributed by atoms with E-state index in [-0.39, 0.29) is 5.41 Å². The lowest BCUT2D eigenvalue weighted by atomic mass is 9.70. The number of carbonyl (C=O) groups excluding carboxylic acids is 1. The highest BCUT2D eigenvalue weighted by Crippen LogP contribution is 2.35. The maximum absolute atomic E-state index is 12.9. The highest BCUT2D eigenvalue weighted by atomic mass is 16.1. The smallest absolute Gasteiger partial charge is 0.168 e. The van der Waals surface area contributed by atoms with Crippen molar-refractivity contribution < 1.29 is 4.79 Å². The third-order valence-electron chi connectivity index (χ3n) is 4.63. The van der Waals surface area contributed by atoms with Crippen LogP contribution in [-0.2, 0) is 6.42 Å². The van der Waals surface area contributed by atoms with Crippen molar-refractivity contribution in [2.24, 2.45) is 11.3 Å². The highest BCUT2D eigenvalue weighted by molar-refractivity contribution is 6.00. The van der Waals surface area contributed by atoms with Crippen LogP contribution in [0.3, 0.4) is 0 Å². The average molecular weight is 273 g/mol. The summed E-state index contributed by atoms with van der Waals surface area (Å²) in [5, 5.41) is 3.43. The average Bonchev–Trinajstić information content (AvgIpc) is 2.48. The van der Waals surface area contributed by atoms with E-state index in [1.165, 1.54) is 12.0 Å². The van der Waals surface area contributed by atoms with Crippen LogP contribution >= 0.6 is 0 Å². The fourth-order valence-corrected chi connectivity index (χ4v) is 3.18. The molecule has 0 amide bonds. The van der Waals surface area contributed by atoms with Gasteiger partial charge in [-0.15, -0.1) is 0 Å². The molecule has 1 fully saturated rings. The highest BCUT2D eigenvalue weighted by Gasteiger charge is 2.37. The largest absolute Gasteiger partial charge is 0.316 e. The van der Waals surface area contributed by atoms with Crippen molar-refractivity contribution in [1.29, 1.82) is 0 Å². The van der Waals surface area contributed by atoms with Crippen LogP contribution in [0, 0.1) is 11.3 Å². The van der Waals surface area contributed by atoms with Gasteiger partial charge in [0.05, 0.1) is 0 Å². The van der Waals surface area contributed by atoms with Crippen molar-refractivity contribution in [2.45, 2.75) is 46.5 Å². The Balaban J connectivity index is 2.18. The lowest BCUT2D eigenvalue weighted by Crippen LogP contribution is -2.42. The molecular weight excluding hydrogens is 246 g/mol. The minimum Gasteiger partial charge on any atom is -0.316 e. The van der Waals surface area contributed by atoms with Crippen LogP contribution < -0.4 is 5.32 Å². The van der Waals surface area contributed by atoms with E-state index in [0.717, 1.165) is 37.9 Å². The van der Waals surface area contributed by atoms with Crippen LogP contribution in [0.25, 0.3) is 0 Å². The third-order valence-corrected chi connectivity index (χ3v) is 4.63. The zero-order chi connectivity index (χ0) is 14.6. The topological polar surface area (TPSA) is 29.1 Å². The maximum Gasteiger partial charge on any atom is 0.168 e.